The second-order valence-electron chi connectivity index (χ2n) is 11.3. The van der Waals surface area contributed by atoms with Crippen molar-refractivity contribution in [1.82, 2.24) is 0 Å². The third kappa shape index (κ3) is 33.7. The summed E-state index contributed by atoms with van der Waals surface area (Å²) in [4.78, 5) is 0. The average molecular weight is 493 g/mol. The maximum absolute atomic E-state index is 8.77. The Morgan fingerprint density at radius 2 is 0.543 bits per heavy atom. The first-order chi connectivity index (χ1) is 17.4. The van der Waals surface area contributed by atoms with Gasteiger partial charge in [0, 0.05) is 6.61 Å². The first-order valence-electron chi connectivity index (χ1n) is 16.7. The normalized spacial score (nSPS) is 11.7. The van der Waals surface area contributed by atoms with Gasteiger partial charge in [0.15, 0.2) is 0 Å². The molecule has 0 saturated heterocycles. The number of rotatable bonds is 31. The highest BCUT2D eigenvalue weighted by Gasteiger charge is 1.96. The summed E-state index contributed by atoms with van der Waals surface area (Å²) in [6, 6.07) is 0. The van der Waals surface area contributed by atoms with E-state index in [1.165, 1.54) is 186 Å². The van der Waals surface area contributed by atoms with Gasteiger partial charge in [0.05, 0.1) is 0 Å². The van der Waals surface area contributed by atoms with Gasteiger partial charge in [0.1, 0.15) is 0 Å². The Bertz CT molecular complexity index is 375. The highest BCUT2D eigenvalue weighted by atomic mass is 16.2. The third-order valence-electron chi connectivity index (χ3n) is 7.67. The lowest BCUT2D eigenvalue weighted by atomic mass is 10.0. The Kier molecular flexibility index (Phi) is 33.4. The van der Waals surface area contributed by atoms with E-state index in [4.69, 9.17) is 5.11 Å². The number of allylic oxidation sites excluding steroid dienone is 2. The monoisotopic (exact) mass is 493 g/mol. The molecular weight excluding hydrogens is 424 g/mol. The van der Waals surface area contributed by atoms with Gasteiger partial charge in [-0.25, -0.2) is 0 Å². The van der Waals surface area contributed by atoms with Crippen molar-refractivity contribution in [2.45, 2.75) is 200 Å². The lowest BCUT2D eigenvalue weighted by molar-refractivity contribution is 0.282. The van der Waals surface area contributed by atoms with Crippen LogP contribution in [0.25, 0.3) is 0 Å². The van der Waals surface area contributed by atoms with Crippen LogP contribution in [0.5, 0.6) is 0 Å². The molecule has 0 rings (SSSR count). The Morgan fingerprint density at radius 1 is 0.314 bits per heavy atom. The number of aliphatic hydroxyl groups excluding tert-OH is 1. The summed E-state index contributed by atoms with van der Waals surface area (Å²) in [5, 5.41) is 8.77. The fourth-order valence-corrected chi connectivity index (χ4v) is 5.19. The van der Waals surface area contributed by atoms with Gasteiger partial charge < -0.3 is 5.11 Å². The summed E-state index contributed by atoms with van der Waals surface area (Å²) >= 11 is 0. The van der Waals surface area contributed by atoms with Gasteiger partial charge in [-0.15, -0.1) is 0 Å². The van der Waals surface area contributed by atoms with Crippen LogP contribution in [0.2, 0.25) is 0 Å². The van der Waals surface area contributed by atoms with Gasteiger partial charge in [-0.05, 0) is 32.1 Å². The number of unbranched alkanes of at least 4 members (excludes halogenated alkanes) is 28. The molecule has 0 heterocycles. The van der Waals surface area contributed by atoms with Crippen molar-refractivity contribution in [1.29, 1.82) is 0 Å². The van der Waals surface area contributed by atoms with Crippen LogP contribution in [0, 0.1) is 0 Å². The van der Waals surface area contributed by atoms with Crippen molar-refractivity contribution in [3.05, 3.63) is 12.2 Å². The molecule has 0 atom stereocenters. The minimum atomic E-state index is 0.373. The SMILES string of the molecule is CCCCCCCC/C=C\CCCCCCCCCCCCCCCCCCCCCCCCO. The average Bonchev–Trinajstić information content (AvgIpc) is 2.87. The van der Waals surface area contributed by atoms with Crippen molar-refractivity contribution >= 4 is 0 Å². The zero-order valence-electron chi connectivity index (χ0n) is 24.5. The summed E-state index contributed by atoms with van der Waals surface area (Å²) in [6.07, 6.45) is 47.1. The molecule has 35 heavy (non-hydrogen) atoms. The van der Waals surface area contributed by atoms with Crippen LogP contribution in [-0.4, -0.2) is 11.7 Å². The van der Waals surface area contributed by atoms with Crippen molar-refractivity contribution in [2.24, 2.45) is 0 Å². The van der Waals surface area contributed by atoms with Gasteiger partial charge in [0.25, 0.3) is 0 Å². The summed E-state index contributed by atoms with van der Waals surface area (Å²) in [5.74, 6) is 0. The van der Waals surface area contributed by atoms with E-state index in [0.717, 1.165) is 6.42 Å². The molecule has 0 aromatic heterocycles. The number of hydrogen-bond donors (Lipinski definition) is 1. The van der Waals surface area contributed by atoms with Crippen LogP contribution in [0.4, 0.5) is 0 Å². The fourth-order valence-electron chi connectivity index (χ4n) is 5.19. The van der Waals surface area contributed by atoms with Crippen molar-refractivity contribution < 1.29 is 5.11 Å². The topological polar surface area (TPSA) is 20.2 Å². The van der Waals surface area contributed by atoms with E-state index in [1.807, 2.05) is 0 Å². The van der Waals surface area contributed by atoms with Gasteiger partial charge in [-0.2, -0.15) is 0 Å². The molecule has 210 valence electrons. The molecule has 1 heteroatoms. The molecule has 0 spiro atoms. The van der Waals surface area contributed by atoms with Crippen LogP contribution in [0.1, 0.15) is 200 Å². The minimum absolute atomic E-state index is 0.373. The van der Waals surface area contributed by atoms with Crippen LogP contribution in [0.3, 0.4) is 0 Å². The van der Waals surface area contributed by atoms with E-state index in [9.17, 15) is 0 Å². The summed E-state index contributed by atoms with van der Waals surface area (Å²) in [5.41, 5.74) is 0. The molecule has 0 bridgehead atoms. The molecule has 0 aliphatic heterocycles. The molecule has 0 radical (unpaired) electrons. The summed E-state index contributed by atoms with van der Waals surface area (Å²) in [6.45, 7) is 2.67. The highest BCUT2D eigenvalue weighted by Crippen LogP contribution is 2.15. The smallest absolute Gasteiger partial charge is 0.0431 e. The summed E-state index contributed by atoms with van der Waals surface area (Å²) in [7, 11) is 0. The summed E-state index contributed by atoms with van der Waals surface area (Å²) < 4.78 is 0. The lowest BCUT2D eigenvalue weighted by Crippen LogP contribution is -1.85. The zero-order valence-corrected chi connectivity index (χ0v) is 24.5. The van der Waals surface area contributed by atoms with E-state index in [1.54, 1.807) is 0 Å². The van der Waals surface area contributed by atoms with Gasteiger partial charge in [-0.3, -0.25) is 0 Å². The molecule has 0 aromatic rings. The molecule has 0 saturated carbocycles. The van der Waals surface area contributed by atoms with Crippen LogP contribution in [0.15, 0.2) is 12.2 Å². The fraction of sp³-hybridized carbons (Fsp3) is 0.941. The first-order valence-corrected chi connectivity index (χ1v) is 16.7. The number of hydrogen-bond acceptors (Lipinski definition) is 1. The van der Waals surface area contributed by atoms with Gasteiger partial charge >= 0.3 is 0 Å². The number of aliphatic hydroxyl groups is 1. The maximum Gasteiger partial charge on any atom is 0.0431 e. The first kappa shape index (κ1) is 34.7. The molecule has 0 aliphatic carbocycles. The van der Waals surface area contributed by atoms with Crippen molar-refractivity contribution in [2.75, 3.05) is 6.61 Å². The van der Waals surface area contributed by atoms with E-state index >= 15 is 0 Å². The Balaban J connectivity index is 3.05. The molecule has 0 fully saturated rings. The van der Waals surface area contributed by atoms with E-state index in [-0.39, 0.29) is 0 Å². The Hall–Kier alpha value is -0.300. The van der Waals surface area contributed by atoms with Crippen LogP contribution in [-0.2, 0) is 0 Å². The molecule has 1 N–H and O–H groups in total. The van der Waals surface area contributed by atoms with E-state index in [0.29, 0.717) is 6.61 Å². The Morgan fingerprint density at radius 3 is 0.800 bits per heavy atom. The standard InChI is InChI=1S/C34H68O/c1-2-3-4-5-6-7-8-9-10-11-12-13-14-15-16-17-18-19-20-21-22-23-24-25-26-27-28-29-30-31-32-33-34-35/h9-10,35H,2-8,11-34H2,1H3/b10-9-. The van der Waals surface area contributed by atoms with E-state index in [2.05, 4.69) is 19.1 Å². The second kappa shape index (κ2) is 33.7. The largest absolute Gasteiger partial charge is 0.396 e. The van der Waals surface area contributed by atoms with Crippen LogP contribution >= 0.6 is 0 Å². The third-order valence-corrected chi connectivity index (χ3v) is 7.67. The molecule has 0 unspecified atom stereocenters. The zero-order chi connectivity index (χ0) is 25.3. The minimum Gasteiger partial charge on any atom is -0.396 e. The van der Waals surface area contributed by atoms with Crippen molar-refractivity contribution in [3.63, 3.8) is 0 Å². The molecule has 0 aliphatic rings. The predicted molar refractivity (Wildman–Crippen MR) is 160 cm³/mol. The van der Waals surface area contributed by atoms with Gasteiger partial charge in [0.2, 0.25) is 0 Å². The molecule has 0 aromatic carbocycles. The molecule has 1 nitrogen and oxygen atoms in total. The lowest BCUT2D eigenvalue weighted by Gasteiger charge is -2.04. The Labute approximate surface area is 223 Å². The second-order valence-corrected chi connectivity index (χ2v) is 11.3. The highest BCUT2D eigenvalue weighted by molar-refractivity contribution is 4.81. The predicted octanol–water partition coefficient (Wildman–Crippen LogP) is 12.3. The van der Waals surface area contributed by atoms with Gasteiger partial charge in [-0.1, -0.05) is 180 Å². The quantitative estimate of drug-likeness (QED) is 0.0753. The van der Waals surface area contributed by atoms with Crippen LogP contribution < -0.4 is 0 Å². The molecular formula is C34H68O. The van der Waals surface area contributed by atoms with E-state index < -0.39 is 0 Å². The molecule has 0 amide bonds. The maximum atomic E-state index is 8.77. The van der Waals surface area contributed by atoms with Crippen molar-refractivity contribution in [3.8, 4) is 0 Å².